The van der Waals surface area contributed by atoms with Gasteiger partial charge in [0.05, 0.1) is 13.2 Å². The van der Waals surface area contributed by atoms with Crippen molar-refractivity contribution in [3.05, 3.63) is 53.6 Å². The first-order valence-electron chi connectivity index (χ1n) is 6.84. The van der Waals surface area contributed by atoms with Crippen LogP contribution in [0, 0.1) is 6.92 Å². The Hall–Kier alpha value is -2.05. The van der Waals surface area contributed by atoms with E-state index in [2.05, 4.69) is 0 Å². The molecule has 0 bridgehead atoms. The van der Waals surface area contributed by atoms with Gasteiger partial charge in [-0.05, 0) is 43.7 Å². The Balaban J connectivity index is 2.34. The largest absolute Gasteiger partial charge is 0.490 e. The van der Waals surface area contributed by atoms with Crippen molar-refractivity contribution in [2.24, 2.45) is 0 Å². The SMILES string of the molecule is CCOc1cc(CO)ccc1OS(=O)(=O)c1ccc(C)cc1. The van der Waals surface area contributed by atoms with Crippen molar-refractivity contribution < 1.29 is 22.4 Å². The molecule has 0 aromatic heterocycles. The predicted octanol–water partition coefficient (Wildman–Crippen LogP) is 2.65. The number of hydrogen-bond donors (Lipinski definition) is 1. The summed E-state index contributed by atoms with van der Waals surface area (Å²) in [4.78, 5) is 0.0757. The average molecular weight is 322 g/mol. The zero-order chi connectivity index (χ0) is 16.2. The van der Waals surface area contributed by atoms with E-state index in [9.17, 15) is 8.42 Å². The highest BCUT2D eigenvalue weighted by Crippen LogP contribution is 2.31. The van der Waals surface area contributed by atoms with Crippen LogP contribution in [0.15, 0.2) is 47.4 Å². The smallest absolute Gasteiger partial charge is 0.339 e. The lowest BCUT2D eigenvalue weighted by Gasteiger charge is -2.13. The number of rotatable bonds is 6. The maximum atomic E-state index is 12.3. The van der Waals surface area contributed by atoms with Crippen LogP contribution in [0.3, 0.4) is 0 Å². The van der Waals surface area contributed by atoms with Crippen molar-refractivity contribution in [2.45, 2.75) is 25.3 Å². The van der Waals surface area contributed by atoms with E-state index < -0.39 is 10.1 Å². The first-order chi connectivity index (χ1) is 10.5. The van der Waals surface area contributed by atoms with Crippen LogP contribution in [0.2, 0.25) is 0 Å². The monoisotopic (exact) mass is 322 g/mol. The number of aliphatic hydroxyl groups is 1. The first-order valence-corrected chi connectivity index (χ1v) is 8.25. The second-order valence-electron chi connectivity index (χ2n) is 4.72. The molecule has 2 aromatic rings. The van der Waals surface area contributed by atoms with E-state index in [4.69, 9.17) is 14.0 Å². The van der Waals surface area contributed by atoms with Gasteiger partial charge in [0, 0.05) is 0 Å². The van der Waals surface area contributed by atoms with E-state index in [1.54, 1.807) is 31.2 Å². The normalized spacial score (nSPS) is 11.2. The number of aryl methyl sites for hydroxylation is 1. The van der Waals surface area contributed by atoms with Gasteiger partial charge in [0.15, 0.2) is 11.5 Å². The quantitative estimate of drug-likeness (QED) is 0.828. The molecule has 5 nitrogen and oxygen atoms in total. The topological polar surface area (TPSA) is 72.8 Å². The zero-order valence-electron chi connectivity index (χ0n) is 12.4. The summed E-state index contributed by atoms with van der Waals surface area (Å²) in [7, 11) is -3.93. The van der Waals surface area contributed by atoms with Gasteiger partial charge in [-0.15, -0.1) is 0 Å². The third-order valence-electron chi connectivity index (χ3n) is 3.00. The van der Waals surface area contributed by atoms with Crippen LogP contribution in [0.25, 0.3) is 0 Å². The second kappa shape index (κ2) is 6.81. The van der Waals surface area contributed by atoms with Crippen LogP contribution < -0.4 is 8.92 Å². The lowest BCUT2D eigenvalue weighted by molar-refractivity contribution is 0.279. The minimum Gasteiger partial charge on any atom is -0.490 e. The second-order valence-corrected chi connectivity index (χ2v) is 6.27. The first kappa shape index (κ1) is 16.3. The van der Waals surface area contributed by atoms with E-state index in [0.29, 0.717) is 12.2 Å². The Labute approximate surface area is 130 Å². The van der Waals surface area contributed by atoms with Gasteiger partial charge in [-0.2, -0.15) is 8.42 Å². The number of hydrogen-bond acceptors (Lipinski definition) is 5. The summed E-state index contributed by atoms with van der Waals surface area (Å²) >= 11 is 0. The molecule has 0 aliphatic heterocycles. The summed E-state index contributed by atoms with van der Waals surface area (Å²) in [5.74, 6) is 0.379. The lowest BCUT2D eigenvalue weighted by Crippen LogP contribution is -2.11. The molecule has 0 fully saturated rings. The summed E-state index contributed by atoms with van der Waals surface area (Å²) in [6.07, 6.45) is 0. The predicted molar refractivity (Wildman–Crippen MR) is 82.5 cm³/mol. The van der Waals surface area contributed by atoms with Crippen molar-refractivity contribution in [1.82, 2.24) is 0 Å². The molecule has 2 rings (SSSR count). The number of benzene rings is 2. The standard InChI is InChI=1S/C16H18O5S/c1-3-20-16-10-13(11-17)6-9-15(16)21-22(18,19)14-7-4-12(2)5-8-14/h4-10,17H,3,11H2,1-2H3. The Morgan fingerprint density at radius 1 is 1.05 bits per heavy atom. The Kier molecular flexibility index (Phi) is 5.05. The molecular weight excluding hydrogens is 304 g/mol. The van der Waals surface area contributed by atoms with Gasteiger partial charge < -0.3 is 14.0 Å². The van der Waals surface area contributed by atoms with Crippen molar-refractivity contribution in [3.8, 4) is 11.5 Å². The van der Waals surface area contributed by atoms with Crippen LogP contribution in [-0.2, 0) is 16.7 Å². The van der Waals surface area contributed by atoms with Gasteiger partial charge in [-0.25, -0.2) is 0 Å². The molecule has 0 radical (unpaired) electrons. The van der Waals surface area contributed by atoms with Crippen molar-refractivity contribution in [3.63, 3.8) is 0 Å². The molecule has 0 saturated heterocycles. The Morgan fingerprint density at radius 3 is 2.32 bits per heavy atom. The fraction of sp³-hybridized carbons (Fsp3) is 0.250. The highest BCUT2D eigenvalue weighted by atomic mass is 32.2. The van der Waals surface area contributed by atoms with E-state index >= 15 is 0 Å². The minimum absolute atomic E-state index is 0.0757. The molecule has 0 saturated carbocycles. The average Bonchev–Trinajstić information content (AvgIpc) is 2.49. The molecule has 22 heavy (non-hydrogen) atoms. The lowest BCUT2D eigenvalue weighted by atomic mass is 10.2. The summed E-state index contributed by atoms with van der Waals surface area (Å²) in [5.41, 5.74) is 1.57. The van der Waals surface area contributed by atoms with Gasteiger partial charge in [-0.3, -0.25) is 0 Å². The fourth-order valence-electron chi connectivity index (χ4n) is 1.86. The van der Waals surface area contributed by atoms with E-state index in [-0.39, 0.29) is 23.0 Å². The van der Waals surface area contributed by atoms with Crippen LogP contribution >= 0.6 is 0 Å². The van der Waals surface area contributed by atoms with Gasteiger partial charge in [0.2, 0.25) is 0 Å². The van der Waals surface area contributed by atoms with E-state index in [0.717, 1.165) is 5.56 Å². The molecule has 6 heteroatoms. The fourth-order valence-corrected chi connectivity index (χ4v) is 2.80. The molecule has 0 aliphatic rings. The molecule has 2 aromatic carbocycles. The highest BCUT2D eigenvalue weighted by molar-refractivity contribution is 7.87. The van der Waals surface area contributed by atoms with Crippen molar-refractivity contribution in [2.75, 3.05) is 6.61 Å². The molecule has 0 heterocycles. The summed E-state index contributed by atoms with van der Waals surface area (Å²) in [5, 5.41) is 9.14. The molecule has 0 spiro atoms. The maximum Gasteiger partial charge on any atom is 0.339 e. The van der Waals surface area contributed by atoms with E-state index in [1.807, 2.05) is 6.92 Å². The zero-order valence-corrected chi connectivity index (χ0v) is 13.3. The van der Waals surface area contributed by atoms with Gasteiger partial charge >= 0.3 is 10.1 Å². The molecule has 118 valence electrons. The van der Waals surface area contributed by atoms with Crippen LogP contribution in [0.1, 0.15) is 18.1 Å². The van der Waals surface area contributed by atoms with Crippen molar-refractivity contribution in [1.29, 1.82) is 0 Å². The summed E-state index contributed by atoms with van der Waals surface area (Å²) < 4.78 is 35.1. The Bertz CT molecular complexity index is 736. The third-order valence-corrected chi connectivity index (χ3v) is 4.25. The van der Waals surface area contributed by atoms with Gasteiger partial charge in [0.25, 0.3) is 0 Å². The molecule has 1 N–H and O–H groups in total. The molecule has 0 amide bonds. The molecule has 0 aliphatic carbocycles. The third kappa shape index (κ3) is 3.78. The van der Waals surface area contributed by atoms with Crippen molar-refractivity contribution >= 4 is 10.1 Å². The number of aliphatic hydroxyl groups excluding tert-OH is 1. The van der Waals surface area contributed by atoms with Crippen LogP contribution in [0.5, 0.6) is 11.5 Å². The molecular formula is C16H18O5S. The minimum atomic E-state index is -3.93. The summed E-state index contributed by atoms with van der Waals surface area (Å²) in [6, 6.07) is 11.0. The maximum absolute atomic E-state index is 12.3. The van der Waals surface area contributed by atoms with Crippen LogP contribution in [0.4, 0.5) is 0 Å². The number of ether oxygens (including phenoxy) is 1. The van der Waals surface area contributed by atoms with E-state index in [1.165, 1.54) is 18.2 Å². The van der Waals surface area contributed by atoms with Gasteiger partial charge in [0.1, 0.15) is 4.90 Å². The molecule has 0 atom stereocenters. The summed E-state index contributed by atoms with van der Waals surface area (Å²) in [6.45, 7) is 3.85. The van der Waals surface area contributed by atoms with Gasteiger partial charge in [-0.1, -0.05) is 23.8 Å². The Morgan fingerprint density at radius 2 is 1.73 bits per heavy atom. The van der Waals surface area contributed by atoms with Crippen LogP contribution in [-0.4, -0.2) is 20.1 Å². The molecule has 0 unspecified atom stereocenters. The highest BCUT2D eigenvalue weighted by Gasteiger charge is 2.19.